The van der Waals surface area contributed by atoms with Crippen molar-refractivity contribution in [3.8, 4) is 44.5 Å². The standard InChI is InChI=1S/C40H26N4.C13H18OS.3C5H5.4Fe/c1-2-10-25(9-1)37-29-17-19-31(41-29)38(26-11-3-4-12-26)33-21-23-35(43-33)40(28-15-7-8-16-28)36-24-22-34(44-36)39(27-13-5-6-14-27)32-20-18-30(37)42-32;1-11(15)7-3-2-4-10-13(14)12-8-5-6-9-12;3*1-2-4-5-3-1;;;;/h1-24,41-42H;5-6,8-9,14H,2-4,7,10H2,1H3;3*1-5H;;;;/q-4;;3*-1;;3*+2. The van der Waals surface area contributed by atoms with Gasteiger partial charge >= 0.3 is 51.2 Å². The largest absolute Gasteiger partial charge is 2.00 e. The Bertz CT molecular complexity index is 3340. The molecule has 0 unspecified atom stereocenters. The maximum absolute atomic E-state index is 9.71. The number of fused-ring (bicyclic) bond motifs is 8. The average molecular weight is 1200 g/mol. The molecule has 5 nitrogen and oxygen atoms in total. The van der Waals surface area contributed by atoms with Gasteiger partial charge in [-0.3, -0.25) is 0 Å². The Morgan fingerprint density at radius 1 is 0.436 bits per heavy atom. The summed E-state index contributed by atoms with van der Waals surface area (Å²) in [5.74, 6) is 0.513. The van der Waals surface area contributed by atoms with Crippen LogP contribution in [0.15, 0.2) is 248 Å². The van der Waals surface area contributed by atoms with Crippen LogP contribution in [0.3, 0.4) is 0 Å². The number of nitrogens with zero attached hydrogens (tertiary/aromatic N) is 2. The summed E-state index contributed by atoms with van der Waals surface area (Å²) in [4.78, 5) is 19.2. The molecule has 2 aliphatic heterocycles. The molecule has 396 valence electrons. The average Bonchev–Trinajstić information content (AvgIpc) is 4.34. The van der Waals surface area contributed by atoms with Crippen molar-refractivity contribution in [1.29, 1.82) is 0 Å². The molecule has 0 amide bonds. The van der Waals surface area contributed by atoms with Gasteiger partial charge in [0.15, 0.2) is 0 Å². The third-order valence-corrected chi connectivity index (χ3v) is 12.9. The monoisotopic (exact) mass is 1200 g/mol. The van der Waals surface area contributed by atoms with E-state index in [-0.39, 0.29) is 68.3 Å². The number of H-pyrrole nitrogens is 2. The summed E-state index contributed by atoms with van der Waals surface area (Å²) in [6.07, 6.45) is 21.4. The molecule has 5 heterocycles. The Hall–Kier alpha value is -6.76. The van der Waals surface area contributed by atoms with Gasteiger partial charge in [0.25, 0.3) is 0 Å². The topological polar surface area (TPSA) is 77.6 Å². The molecule has 3 N–H and O–H groups in total. The van der Waals surface area contributed by atoms with Gasteiger partial charge < -0.3 is 25.0 Å². The van der Waals surface area contributed by atoms with Gasteiger partial charge in [0.2, 0.25) is 0 Å². The summed E-state index contributed by atoms with van der Waals surface area (Å²) in [6, 6.07) is 72.5. The van der Waals surface area contributed by atoms with Crippen molar-refractivity contribution < 1.29 is 73.4 Å². The quantitative estimate of drug-likeness (QED) is 0.0419. The van der Waals surface area contributed by atoms with E-state index in [4.69, 9.17) is 22.2 Å². The Balaban J connectivity index is 0.000000270. The van der Waals surface area contributed by atoms with Gasteiger partial charge in [-0.25, -0.2) is 36.4 Å². The van der Waals surface area contributed by atoms with E-state index in [2.05, 4.69) is 156 Å². The number of aliphatic hydroxyl groups excluding tert-OH is 1. The molecule has 0 atom stereocenters. The first kappa shape index (κ1) is 62.1. The zero-order valence-corrected chi connectivity index (χ0v) is 48.3. The van der Waals surface area contributed by atoms with Gasteiger partial charge in [0.05, 0.1) is 5.76 Å². The van der Waals surface area contributed by atoms with Crippen molar-refractivity contribution in [2.24, 2.45) is 0 Å². The number of allylic oxidation sites excluding steroid dienone is 6. The molecule has 3 aromatic heterocycles. The Morgan fingerprint density at radius 2 is 0.744 bits per heavy atom. The SMILES string of the molecule is C1=Cc2nc1c(-[c-]1cccc1)c1nc(c(-[c-]3cccc3)c3ccc([nH]3)c(-[c-]3cccc3)c3ccc([nH]3)c2-[c-]2cccc2)C=C1.CC(=S)CCCCCC(O)=C1C=CC=C1.[Fe+2].[Fe+2].[Fe+2].[Fe].c1cc[cH-]c1.c1cc[cH-]c1.c1cc[cH-]c1. The number of aliphatic hydroxyl groups is 1. The summed E-state index contributed by atoms with van der Waals surface area (Å²) in [7, 11) is 0. The summed E-state index contributed by atoms with van der Waals surface area (Å²) in [5.41, 5.74) is 17.5. The predicted molar refractivity (Wildman–Crippen MR) is 318 cm³/mol. The van der Waals surface area contributed by atoms with E-state index in [1.54, 1.807) is 0 Å². The molecule has 0 saturated carbocycles. The minimum Gasteiger partial charge on any atom is -0.512 e. The molecule has 7 aromatic carbocycles. The molecule has 78 heavy (non-hydrogen) atoms. The van der Waals surface area contributed by atoms with Crippen molar-refractivity contribution in [2.75, 3.05) is 0 Å². The van der Waals surface area contributed by atoms with Crippen molar-refractivity contribution in [2.45, 2.75) is 39.0 Å². The number of thiocarbonyl (C=S) groups is 1. The van der Waals surface area contributed by atoms with Crippen molar-refractivity contribution in [1.82, 2.24) is 19.9 Å². The molecule has 1 aliphatic carbocycles. The van der Waals surface area contributed by atoms with Crippen LogP contribution < -0.4 is 0 Å². The first-order valence-electron chi connectivity index (χ1n) is 25.3. The first-order chi connectivity index (χ1) is 36.5. The van der Waals surface area contributed by atoms with E-state index in [9.17, 15) is 5.11 Å². The first-order valence-corrected chi connectivity index (χ1v) is 25.7. The van der Waals surface area contributed by atoms with Crippen LogP contribution in [0.2, 0.25) is 0 Å². The molecule has 0 spiro atoms. The fraction of sp³-hybridized carbons (Fsp3) is 0.0882. The van der Waals surface area contributed by atoms with Crippen molar-refractivity contribution >= 4 is 63.5 Å². The number of aromatic nitrogens is 4. The molecule has 10 aromatic rings. The third kappa shape index (κ3) is 16.6. The van der Waals surface area contributed by atoms with E-state index in [0.29, 0.717) is 5.76 Å². The van der Waals surface area contributed by atoms with Gasteiger partial charge in [-0.05, 0) is 75.9 Å². The minimum absolute atomic E-state index is 0. The molecule has 0 saturated heterocycles. The fourth-order valence-electron chi connectivity index (χ4n) is 9.10. The van der Waals surface area contributed by atoms with Crippen LogP contribution in [0.5, 0.6) is 0 Å². The number of unbranched alkanes of at least 4 members (excludes halogenated alkanes) is 2. The number of hydrogen-bond donors (Lipinski definition) is 3. The second-order valence-electron chi connectivity index (χ2n) is 18.0. The minimum atomic E-state index is 0. The van der Waals surface area contributed by atoms with Crippen LogP contribution >= 0.6 is 12.2 Å². The molecular weight excluding hydrogens is 1140 g/mol. The molecule has 8 bridgehead atoms. The van der Waals surface area contributed by atoms with Gasteiger partial charge in [0.1, 0.15) is 0 Å². The maximum atomic E-state index is 9.71. The number of hydrogen-bond acceptors (Lipinski definition) is 4. The second kappa shape index (κ2) is 32.2. The Labute approximate surface area is 506 Å². The molecule has 13 rings (SSSR count). The zero-order valence-electron chi connectivity index (χ0n) is 43.0. The van der Waals surface area contributed by atoms with Crippen LogP contribution in [-0.4, -0.2) is 29.9 Å². The summed E-state index contributed by atoms with van der Waals surface area (Å²) in [6.45, 7) is 1.99. The van der Waals surface area contributed by atoms with Crippen LogP contribution in [0.4, 0.5) is 0 Å². The maximum Gasteiger partial charge on any atom is 2.00 e. The Kier molecular flexibility index (Phi) is 25.6. The number of nitrogens with one attached hydrogen (secondary N) is 2. The van der Waals surface area contributed by atoms with E-state index in [1.807, 2.05) is 122 Å². The molecule has 0 fully saturated rings. The van der Waals surface area contributed by atoms with Gasteiger partial charge in [-0.15, -0.1) is 48.5 Å². The van der Waals surface area contributed by atoms with Gasteiger partial charge in [0, 0.05) is 29.1 Å². The van der Waals surface area contributed by atoms with Crippen LogP contribution in [0, 0.1) is 0 Å². The normalized spacial score (nSPS) is 11.1. The fourth-order valence-corrected chi connectivity index (χ4v) is 9.24. The molecular formula is C68H59Fe4N4OS-. The number of rotatable bonds is 10. The van der Waals surface area contributed by atoms with Crippen molar-refractivity contribution in [3.05, 3.63) is 271 Å². The zero-order chi connectivity index (χ0) is 50.7. The summed E-state index contributed by atoms with van der Waals surface area (Å²) < 4.78 is 0. The van der Waals surface area contributed by atoms with E-state index >= 15 is 0 Å². The third-order valence-electron chi connectivity index (χ3n) is 12.7. The van der Waals surface area contributed by atoms with Crippen LogP contribution in [0.1, 0.15) is 61.8 Å². The van der Waals surface area contributed by atoms with Crippen LogP contribution in [-0.2, 0) is 68.3 Å². The van der Waals surface area contributed by atoms with E-state index < -0.39 is 0 Å². The van der Waals surface area contributed by atoms with Gasteiger partial charge in [-0.1, -0.05) is 136 Å². The summed E-state index contributed by atoms with van der Waals surface area (Å²) >= 11 is 5.01. The van der Waals surface area contributed by atoms with E-state index in [1.165, 1.54) is 0 Å². The smallest absolute Gasteiger partial charge is 0.512 e. The van der Waals surface area contributed by atoms with Crippen molar-refractivity contribution in [3.63, 3.8) is 0 Å². The summed E-state index contributed by atoms with van der Waals surface area (Å²) in [5, 5.41) is 9.71. The Morgan fingerprint density at radius 3 is 1.08 bits per heavy atom. The van der Waals surface area contributed by atoms with Crippen LogP contribution in [0.25, 0.3) is 90.9 Å². The van der Waals surface area contributed by atoms with Gasteiger partial charge in [-0.2, -0.15) is 103 Å². The molecule has 0 radical (unpaired) electrons. The molecule has 3 aliphatic rings. The van der Waals surface area contributed by atoms with E-state index in [0.717, 1.165) is 132 Å². The number of aromatic amines is 2. The second-order valence-corrected chi connectivity index (χ2v) is 18.7. The predicted octanol–water partition coefficient (Wildman–Crippen LogP) is 18.7. The molecule has 10 heteroatoms.